The van der Waals surface area contributed by atoms with Crippen molar-refractivity contribution in [3.05, 3.63) is 35.9 Å². The molecular weight excluding hydrogens is 448 g/mol. The molecule has 33 heavy (non-hydrogen) atoms. The molecule has 0 aliphatic rings. The second kappa shape index (κ2) is 15.7. The van der Waals surface area contributed by atoms with Crippen molar-refractivity contribution in [3.63, 3.8) is 0 Å². The molecule has 1 aromatic rings. The van der Waals surface area contributed by atoms with Crippen molar-refractivity contribution >= 4 is 40.7 Å². The van der Waals surface area contributed by atoms with Crippen LogP contribution < -0.4 is 16.4 Å². The SMILES string of the molecule is N=C(N)SCCCCCCCC(=O)NC(CC(=O)O)C(=O)NC(Cc1ccccc1)C(=O)O. The minimum absolute atomic E-state index is 0.0283. The van der Waals surface area contributed by atoms with Gasteiger partial charge in [0.1, 0.15) is 12.1 Å². The van der Waals surface area contributed by atoms with Crippen molar-refractivity contribution in [1.82, 2.24) is 10.6 Å². The number of benzene rings is 1. The first-order chi connectivity index (χ1) is 15.7. The van der Waals surface area contributed by atoms with E-state index in [1.54, 1.807) is 30.3 Å². The summed E-state index contributed by atoms with van der Waals surface area (Å²) in [5.41, 5.74) is 5.96. The van der Waals surface area contributed by atoms with Gasteiger partial charge in [0.15, 0.2) is 5.17 Å². The van der Waals surface area contributed by atoms with Crippen molar-refractivity contribution < 1.29 is 29.4 Å². The summed E-state index contributed by atoms with van der Waals surface area (Å²) >= 11 is 1.29. The molecule has 2 atom stereocenters. The number of carbonyl (C=O) groups is 4. The maximum absolute atomic E-state index is 12.6. The van der Waals surface area contributed by atoms with E-state index < -0.39 is 42.3 Å². The summed E-state index contributed by atoms with van der Waals surface area (Å²) < 4.78 is 0. The van der Waals surface area contributed by atoms with Crippen LogP contribution in [0.3, 0.4) is 0 Å². The van der Waals surface area contributed by atoms with Gasteiger partial charge in [-0.05, 0) is 18.4 Å². The third-order valence-corrected chi connectivity index (χ3v) is 5.54. The lowest BCUT2D eigenvalue weighted by molar-refractivity contribution is -0.143. The zero-order valence-electron chi connectivity index (χ0n) is 18.4. The molecule has 2 unspecified atom stereocenters. The molecule has 0 saturated carbocycles. The fraction of sp³-hybridized carbons (Fsp3) is 0.500. The number of amides is 2. The molecule has 0 aromatic heterocycles. The Morgan fingerprint density at radius 1 is 0.939 bits per heavy atom. The summed E-state index contributed by atoms with van der Waals surface area (Å²) in [7, 11) is 0. The maximum Gasteiger partial charge on any atom is 0.326 e. The third-order valence-electron chi connectivity index (χ3n) is 4.73. The smallest absolute Gasteiger partial charge is 0.326 e. The van der Waals surface area contributed by atoms with Crippen molar-refractivity contribution in [3.8, 4) is 0 Å². The molecule has 2 amide bonds. The Morgan fingerprint density at radius 3 is 2.18 bits per heavy atom. The number of carbonyl (C=O) groups excluding carboxylic acids is 2. The molecule has 0 heterocycles. The summed E-state index contributed by atoms with van der Waals surface area (Å²) in [5, 5.41) is 30.5. The average molecular weight is 481 g/mol. The van der Waals surface area contributed by atoms with E-state index in [4.69, 9.17) is 16.2 Å². The predicted octanol–water partition coefficient (Wildman–Crippen LogP) is 1.73. The largest absolute Gasteiger partial charge is 0.481 e. The maximum atomic E-state index is 12.6. The van der Waals surface area contributed by atoms with Gasteiger partial charge in [-0.15, -0.1) is 0 Å². The number of unbranched alkanes of at least 4 members (excludes halogenated alkanes) is 4. The van der Waals surface area contributed by atoms with Gasteiger partial charge in [0.25, 0.3) is 0 Å². The van der Waals surface area contributed by atoms with Crippen LogP contribution in [0.4, 0.5) is 0 Å². The van der Waals surface area contributed by atoms with Crippen LogP contribution >= 0.6 is 11.8 Å². The van der Waals surface area contributed by atoms with Gasteiger partial charge >= 0.3 is 11.9 Å². The van der Waals surface area contributed by atoms with E-state index in [0.717, 1.165) is 31.4 Å². The Balaban J connectivity index is 2.50. The van der Waals surface area contributed by atoms with Crippen LogP contribution in [0.2, 0.25) is 0 Å². The fourth-order valence-corrected chi connectivity index (χ4v) is 3.64. The number of carboxylic acids is 2. The Kier molecular flexibility index (Phi) is 13.3. The van der Waals surface area contributed by atoms with Gasteiger partial charge in [-0.2, -0.15) is 0 Å². The van der Waals surface area contributed by atoms with E-state index in [1.807, 2.05) is 0 Å². The Hall–Kier alpha value is -3.08. The molecule has 0 fully saturated rings. The number of nitrogens with one attached hydrogen (secondary N) is 3. The molecular formula is C22H32N4O6S. The number of hydrogen-bond acceptors (Lipinski definition) is 6. The highest BCUT2D eigenvalue weighted by Crippen LogP contribution is 2.10. The molecule has 0 aliphatic carbocycles. The topological polar surface area (TPSA) is 183 Å². The number of thioether (sulfide) groups is 1. The van der Waals surface area contributed by atoms with E-state index in [2.05, 4.69) is 10.6 Å². The van der Waals surface area contributed by atoms with E-state index in [1.165, 1.54) is 11.8 Å². The van der Waals surface area contributed by atoms with Crippen molar-refractivity contribution in [2.24, 2.45) is 5.73 Å². The van der Waals surface area contributed by atoms with Crippen LogP contribution in [0.15, 0.2) is 30.3 Å². The number of amidine groups is 1. The van der Waals surface area contributed by atoms with E-state index >= 15 is 0 Å². The standard InChI is InChI=1S/C22H32N4O6S/c23-22(24)33-12-8-3-1-2-7-11-18(27)25-16(14-19(28)29)20(30)26-17(21(31)32)13-15-9-5-4-6-10-15/h4-6,9-10,16-17H,1-3,7-8,11-14H2,(H3,23,24)(H,25,27)(H,26,30)(H,28,29)(H,31,32). The molecule has 1 rings (SSSR count). The van der Waals surface area contributed by atoms with Crippen molar-refractivity contribution in [2.75, 3.05) is 5.75 Å². The fourth-order valence-electron chi connectivity index (χ4n) is 3.07. The van der Waals surface area contributed by atoms with Crippen LogP contribution in [0.1, 0.15) is 50.5 Å². The Labute approximate surface area is 197 Å². The summed E-state index contributed by atoms with van der Waals surface area (Å²) in [6, 6.07) is 6.10. The van der Waals surface area contributed by atoms with Gasteiger partial charge in [0.2, 0.25) is 11.8 Å². The summed E-state index contributed by atoms with van der Waals surface area (Å²) in [6.07, 6.45) is 3.67. The van der Waals surface area contributed by atoms with Gasteiger partial charge in [-0.1, -0.05) is 61.4 Å². The molecule has 0 bridgehead atoms. The minimum Gasteiger partial charge on any atom is -0.481 e. The molecule has 0 saturated heterocycles. The van der Waals surface area contributed by atoms with Crippen molar-refractivity contribution in [2.45, 2.75) is 63.5 Å². The predicted molar refractivity (Wildman–Crippen MR) is 126 cm³/mol. The highest BCUT2D eigenvalue weighted by molar-refractivity contribution is 8.13. The lowest BCUT2D eigenvalue weighted by atomic mass is 10.0. The minimum atomic E-state index is -1.36. The summed E-state index contributed by atoms with van der Waals surface area (Å²) in [4.78, 5) is 47.5. The number of hydrogen-bond donors (Lipinski definition) is 6. The first-order valence-electron chi connectivity index (χ1n) is 10.7. The molecule has 11 heteroatoms. The van der Waals surface area contributed by atoms with Crippen LogP contribution in [-0.4, -0.2) is 57.0 Å². The molecule has 182 valence electrons. The average Bonchev–Trinajstić information content (AvgIpc) is 2.74. The monoisotopic (exact) mass is 480 g/mol. The highest BCUT2D eigenvalue weighted by atomic mass is 32.2. The first-order valence-corrected chi connectivity index (χ1v) is 11.7. The van der Waals surface area contributed by atoms with Gasteiger partial charge in [-0.25, -0.2) is 4.79 Å². The molecule has 0 spiro atoms. The van der Waals surface area contributed by atoms with E-state index in [-0.39, 0.29) is 18.0 Å². The zero-order chi connectivity index (χ0) is 24.6. The number of nitrogens with two attached hydrogens (primary N) is 1. The number of rotatable bonds is 16. The molecule has 0 radical (unpaired) electrons. The van der Waals surface area contributed by atoms with Crippen LogP contribution in [0.5, 0.6) is 0 Å². The quantitative estimate of drug-likeness (QED) is 0.117. The Morgan fingerprint density at radius 2 is 1.58 bits per heavy atom. The first kappa shape index (κ1) is 28.0. The third kappa shape index (κ3) is 13.2. The summed E-state index contributed by atoms with van der Waals surface area (Å²) in [5.74, 6) is -3.07. The molecule has 10 nitrogen and oxygen atoms in total. The van der Waals surface area contributed by atoms with Crippen LogP contribution in [0, 0.1) is 5.41 Å². The van der Waals surface area contributed by atoms with Gasteiger partial charge in [0.05, 0.1) is 6.42 Å². The zero-order valence-corrected chi connectivity index (χ0v) is 19.2. The Bertz CT molecular complexity index is 805. The van der Waals surface area contributed by atoms with Crippen LogP contribution in [0.25, 0.3) is 0 Å². The second-order valence-corrected chi connectivity index (χ2v) is 8.67. The van der Waals surface area contributed by atoms with E-state index in [9.17, 15) is 24.3 Å². The van der Waals surface area contributed by atoms with Gasteiger partial charge < -0.3 is 26.6 Å². The van der Waals surface area contributed by atoms with E-state index in [0.29, 0.717) is 12.0 Å². The van der Waals surface area contributed by atoms with Gasteiger partial charge in [-0.3, -0.25) is 19.8 Å². The highest BCUT2D eigenvalue weighted by Gasteiger charge is 2.28. The molecule has 7 N–H and O–H groups in total. The number of aliphatic carboxylic acids is 2. The lowest BCUT2D eigenvalue weighted by Crippen LogP contribution is -2.52. The number of carboxylic acid groups (broad SMARTS) is 2. The lowest BCUT2D eigenvalue weighted by Gasteiger charge is -2.20. The summed E-state index contributed by atoms with van der Waals surface area (Å²) in [6.45, 7) is 0. The molecule has 0 aliphatic heterocycles. The molecule has 1 aromatic carbocycles. The van der Waals surface area contributed by atoms with Crippen molar-refractivity contribution in [1.29, 1.82) is 5.41 Å². The normalized spacial score (nSPS) is 12.4. The van der Waals surface area contributed by atoms with Gasteiger partial charge in [0, 0.05) is 18.6 Å². The second-order valence-electron chi connectivity index (χ2n) is 7.54. The van der Waals surface area contributed by atoms with Crippen LogP contribution in [-0.2, 0) is 25.6 Å².